The van der Waals surface area contributed by atoms with Gasteiger partial charge >= 0.3 is 0 Å². The molecule has 0 unspecified atom stereocenters. The van der Waals surface area contributed by atoms with Crippen LogP contribution in [0.2, 0.25) is 0 Å². The van der Waals surface area contributed by atoms with Gasteiger partial charge in [-0.2, -0.15) is 0 Å². The van der Waals surface area contributed by atoms with Crippen LogP contribution in [0.3, 0.4) is 0 Å². The van der Waals surface area contributed by atoms with Gasteiger partial charge in [0.15, 0.2) is 5.82 Å². The molecule has 0 saturated heterocycles. The molecule has 4 nitrogen and oxygen atoms in total. The number of carbonyl (C=O) groups is 1. The molecule has 0 fully saturated rings. The average molecular weight is 282 g/mol. The van der Waals surface area contributed by atoms with Gasteiger partial charge in [0, 0.05) is 20.2 Å². The largest absolute Gasteiger partial charge is 0.396 e. The summed E-state index contributed by atoms with van der Waals surface area (Å²) in [5.74, 6) is -2.15. The number of halogens is 2. The molecule has 1 aliphatic heterocycles. The number of ether oxygens (including phenoxy) is 1. The molecule has 1 heterocycles. The molecular formula is C14H16F2N2O2. The van der Waals surface area contributed by atoms with Crippen LogP contribution in [0.15, 0.2) is 23.8 Å². The van der Waals surface area contributed by atoms with Crippen LogP contribution in [-0.2, 0) is 4.74 Å². The molecule has 0 spiro atoms. The van der Waals surface area contributed by atoms with Crippen molar-refractivity contribution in [3.05, 3.63) is 41.0 Å². The van der Waals surface area contributed by atoms with Crippen molar-refractivity contribution in [1.29, 1.82) is 0 Å². The number of hydrogen-bond acceptors (Lipinski definition) is 3. The van der Waals surface area contributed by atoms with Crippen LogP contribution >= 0.6 is 0 Å². The van der Waals surface area contributed by atoms with Crippen LogP contribution in [0.4, 0.5) is 14.5 Å². The Bertz CT molecular complexity index is 558. The summed E-state index contributed by atoms with van der Waals surface area (Å²) in [5, 5.41) is 0. The highest BCUT2D eigenvalue weighted by atomic mass is 19.1. The number of amides is 1. The number of hydrogen-bond donors (Lipinski definition) is 1. The quantitative estimate of drug-likeness (QED) is 0.681. The van der Waals surface area contributed by atoms with Crippen molar-refractivity contribution in [3.8, 4) is 0 Å². The van der Waals surface area contributed by atoms with E-state index in [0.29, 0.717) is 26.1 Å². The summed E-state index contributed by atoms with van der Waals surface area (Å²) in [6, 6.07) is 1.74. The maximum Gasteiger partial charge on any atom is 0.257 e. The molecule has 6 heteroatoms. The van der Waals surface area contributed by atoms with E-state index in [9.17, 15) is 13.6 Å². The smallest absolute Gasteiger partial charge is 0.257 e. The molecule has 2 rings (SSSR count). The van der Waals surface area contributed by atoms with Crippen molar-refractivity contribution >= 4 is 11.6 Å². The fourth-order valence-electron chi connectivity index (χ4n) is 2.15. The van der Waals surface area contributed by atoms with Crippen LogP contribution in [0.1, 0.15) is 16.8 Å². The van der Waals surface area contributed by atoms with Gasteiger partial charge in [0.25, 0.3) is 5.91 Å². The second-order valence-corrected chi connectivity index (χ2v) is 4.65. The molecule has 0 atom stereocenters. The Morgan fingerprint density at radius 3 is 2.80 bits per heavy atom. The normalized spacial score (nSPS) is 15.2. The third kappa shape index (κ3) is 2.96. The van der Waals surface area contributed by atoms with E-state index in [-0.39, 0.29) is 11.3 Å². The van der Waals surface area contributed by atoms with E-state index in [0.717, 1.165) is 17.7 Å². The van der Waals surface area contributed by atoms with Gasteiger partial charge in [0.05, 0.1) is 17.9 Å². The maximum atomic E-state index is 13.8. The minimum atomic E-state index is -0.872. The molecule has 1 amide bonds. The Hall–Kier alpha value is -1.95. The van der Waals surface area contributed by atoms with Crippen LogP contribution in [-0.4, -0.2) is 37.6 Å². The van der Waals surface area contributed by atoms with Gasteiger partial charge in [0.1, 0.15) is 5.82 Å². The van der Waals surface area contributed by atoms with Gasteiger partial charge in [-0.15, -0.1) is 0 Å². The molecule has 108 valence electrons. The fraction of sp³-hybridized carbons (Fsp3) is 0.357. The zero-order valence-corrected chi connectivity index (χ0v) is 11.2. The highest BCUT2D eigenvalue weighted by Crippen LogP contribution is 2.21. The third-order valence-electron chi connectivity index (χ3n) is 3.22. The Morgan fingerprint density at radius 1 is 1.45 bits per heavy atom. The summed E-state index contributed by atoms with van der Waals surface area (Å²) in [6.45, 7) is 1.32. The van der Waals surface area contributed by atoms with E-state index < -0.39 is 17.5 Å². The van der Waals surface area contributed by atoms with Gasteiger partial charge in [-0.25, -0.2) is 8.78 Å². The van der Waals surface area contributed by atoms with Crippen molar-refractivity contribution in [2.45, 2.75) is 6.42 Å². The monoisotopic (exact) mass is 282 g/mol. The summed E-state index contributed by atoms with van der Waals surface area (Å²) in [7, 11) is 1.60. The molecule has 0 aromatic heterocycles. The van der Waals surface area contributed by atoms with Gasteiger partial charge in [0.2, 0.25) is 0 Å². The average Bonchev–Trinajstić information content (AvgIpc) is 2.43. The van der Waals surface area contributed by atoms with Crippen molar-refractivity contribution in [2.24, 2.45) is 0 Å². The van der Waals surface area contributed by atoms with Gasteiger partial charge < -0.3 is 15.4 Å². The molecular weight excluding hydrogens is 266 g/mol. The first-order valence-electron chi connectivity index (χ1n) is 6.23. The van der Waals surface area contributed by atoms with Gasteiger partial charge in [-0.05, 0) is 24.1 Å². The maximum absolute atomic E-state index is 13.8. The van der Waals surface area contributed by atoms with E-state index in [1.165, 1.54) is 4.90 Å². The Kier molecular flexibility index (Phi) is 4.34. The predicted molar refractivity (Wildman–Crippen MR) is 71.2 cm³/mol. The Labute approximate surface area is 115 Å². The van der Waals surface area contributed by atoms with E-state index in [2.05, 4.69) is 0 Å². The number of carbonyl (C=O) groups excluding carboxylic acids is 1. The number of anilines is 1. The first kappa shape index (κ1) is 14.5. The first-order valence-corrected chi connectivity index (χ1v) is 6.23. The molecule has 0 aliphatic carbocycles. The lowest BCUT2D eigenvalue weighted by Gasteiger charge is -2.26. The molecule has 2 N–H and O–H groups in total. The number of nitrogens with two attached hydrogens (primary N) is 1. The molecule has 1 aliphatic rings. The van der Waals surface area contributed by atoms with Gasteiger partial charge in [-0.1, -0.05) is 6.08 Å². The lowest BCUT2D eigenvalue weighted by Crippen LogP contribution is -2.36. The predicted octanol–water partition coefficient (Wildman–Crippen LogP) is 1.97. The Balaban J connectivity index is 2.17. The van der Waals surface area contributed by atoms with Crippen LogP contribution in [0, 0.1) is 11.6 Å². The van der Waals surface area contributed by atoms with Crippen LogP contribution in [0.25, 0.3) is 0 Å². The summed E-state index contributed by atoms with van der Waals surface area (Å²) in [6.07, 6.45) is 2.53. The number of rotatable bonds is 3. The lowest BCUT2D eigenvalue weighted by molar-refractivity contribution is 0.0760. The van der Waals surface area contributed by atoms with Crippen molar-refractivity contribution in [2.75, 3.05) is 32.5 Å². The Morgan fingerprint density at radius 2 is 2.20 bits per heavy atom. The zero-order chi connectivity index (χ0) is 14.7. The summed E-state index contributed by atoms with van der Waals surface area (Å²) in [4.78, 5) is 13.6. The second kappa shape index (κ2) is 6.00. The van der Waals surface area contributed by atoms with Crippen molar-refractivity contribution in [3.63, 3.8) is 0 Å². The van der Waals surface area contributed by atoms with Crippen LogP contribution < -0.4 is 5.73 Å². The first-order chi connectivity index (χ1) is 9.52. The third-order valence-corrected chi connectivity index (χ3v) is 3.22. The molecule has 1 aromatic carbocycles. The SMILES string of the molecule is COCC1=CCN(C(=O)c2cc(F)cc(N)c2F)CC1. The second-order valence-electron chi connectivity index (χ2n) is 4.65. The number of nitrogen functional groups attached to an aromatic ring is 1. The molecule has 1 aromatic rings. The fourth-order valence-corrected chi connectivity index (χ4v) is 2.15. The minimum absolute atomic E-state index is 0.328. The zero-order valence-electron chi connectivity index (χ0n) is 11.2. The molecule has 20 heavy (non-hydrogen) atoms. The number of methoxy groups -OCH3 is 1. The van der Waals surface area contributed by atoms with Crippen molar-refractivity contribution < 1.29 is 18.3 Å². The van der Waals surface area contributed by atoms with Crippen LogP contribution in [0.5, 0.6) is 0 Å². The lowest BCUT2D eigenvalue weighted by atomic mass is 10.1. The van der Waals surface area contributed by atoms with Gasteiger partial charge in [-0.3, -0.25) is 4.79 Å². The topological polar surface area (TPSA) is 55.6 Å². The molecule has 0 radical (unpaired) electrons. The van der Waals surface area contributed by atoms with E-state index >= 15 is 0 Å². The van der Waals surface area contributed by atoms with Crippen molar-refractivity contribution in [1.82, 2.24) is 4.90 Å². The molecule has 0 bridgehead atoms. The van der Waals surface area contributed by atoms with E-state index in [1.54, 1.807) is 7.11 Å². The highest BCUT2D eigenvalue weighted by Gasteiger charge is 2.23. The summed E-state index contributed by atoms with van der Waals surface area (Å²) >= 11 is 0. The summed E-state index contributed by atoms with van der Waals surface area (Å²) < 4.78 is 32.1. The summed E-state index contributed by atoms with van der Waals surface area (Å²) in [5.41, 5.74) is 5.74. The number of benzene rings is 1. The van der Waals surface area contributed by atoms with E-state index in [4.69, 9.17) is 10.5 Å². The minimum Gasteiger partial charge on any atom is -0.396 e. The standard InChI is InChI=1S/C14H16F2N2O2/c1-20-8-9-2-4-18(5-3-9)14(19)11-6-10(15)7-12(17)13(11)16/h2,6-7H,3-5,8,17H2,1H3. The molecule has 0 saturated carbocycles. The number of nitrogens with zero attached hydrogens (tertiary/aromatic N) is 1. The van der Waals surface area contributed by atoms with E-state index in [1.807, 2.05) is 6.08 Å². The highest BCUT2D eigenvalue weighted by molar-refractivity contribution is 5.95.